The largest absolute Gasteiger partial charge is 0.384 e. The number of nitrogens with one attached hydrogen (secondary N) is 1. The second kappa shape index (κ2) is 6.18. The van der Waals surface area contributed by atoms with Gasteiger partial charge in [-0.3, -0.25) is 0 Å². The van der Waals surface area contributed by atoms with Gasteiger partial charge in [-0.15, -0.1) is 0 Å². The zero-order valence-electron chi connectivity index (χ0n) is 10.9. The Hall–Kier alpha value is -0.860. The standard InChI is InChI=1S/C15H23NO/c1-12(11-17-2)10-16-15(14-8-9-14)13-6-4-3-5-7-13/h3-7,12,14-16H,8-11H2,1-2H3. The monoisotopic (exact) mass is 233 g/mol. The number of hydrogen-bond donors (Lipinski definition) is 1. The van der Waals surface area contributed by atoms with Gasteiger partial charge < -0.3 is 10.1 Å². The Kier molecular flexibility index (Phi) is 4.57. The molecule has 1 aliphatic carbocycles. The van der Waals surface area contributed by atoms with E-state index in [1.807, 2.05) is 0 Å². The van der Waals surface area contributed by atoms with Crippen molar-refractivity contribution in [3.8, 4) is 0 Å². The Bertz CT molecular complexity index is 321. The Morgan fingerprint density at radius 2 is 2.00 bits per heavy atom. The lowest BCUT2D eigenvalue weighted by molar-refractivity contribution is 0.156. The second-order valence-corrected chi connectivity index (χ2v) is 5.19. The molecule has 17 heavy (non-hydrogen) atoms. The van der Waals surface area contributed by atoms with Crippen LogP contribution in [0.3, 0.4) is 0 Å². The smallest absolute Gasteiger partial charge is 0.0499 e. The quantitative estimate of drug-likeness (QED) is 0.781. The van der Waals surface area contributed by atoms with Gasteiger partial charge in [-0.1, -0.05) is 37.3 Å². The summed E-state index contributed by atoms with van der Waals surface area (Å²) in [6.07, 6.45) is 2.73. The molecule has 0 amide bonds. The Morgan fingerprint density at radius 1 is 1.29 bits per heavy atom. The average molecular weight is 233 g/mol. The fourth-order valence-corrected chi connectivity index (χ4v) is 2.32. The first kappa shape index (κ1) is 12.6. The van der Waals surface area contributed by atoms with Gasteiger partial charge in [-0.05, 0) is 30.2 Å². The summed E-state index contributed by atoms with van der Waals surface area (Å²) in [6.45, 7) is 4.09. The van der Waals surface area contributed by atoms with Gasteiger partial charge in [0.05, 0.1) is 0 Å². The molecular weight excluding hydrogens is 210 g/mol. The molecule has 94 valence electrons. The van der Waals surface area contributed by atoms with Gasteiger partial charge in [-0.2, -0.15) is 0 Å². The van der Waals surface area contributed by atoms with E-state index < -0.39 is 0 Å². The van der Waals surface area contributed by atoms with E-state index >= 15 is 0 Å². The Balaban J connectivity index is 1.90. The third-order valence-electron chi connectivity index (χ3n) is 3.39. The number of ether oxygens (including phenoxy) is 1. The van der Waals surface area contributed by atoms with Crippen LogP contribution in [0, 0.1) is 11.8 Å². The first-order valence-electron chi connectivity index (χ1n) is 6.58. The van der Waals surface area contributed by atoms with E-state index in [1.165, 1.54) is 18.4 Å². The molecule has 0 aromatic heterocycles. The molecule has 0 radical (unpaired) electrons. The van der Waals surface area contributed by atoms with Gasteiger partial charge in [0, 0.05) is 26.3 Å². The highest BCUT2D eigenvalue weighted by Crippen LogP contribution is 2.40. The summed E-state index contributed by atoms with van der Waals surface area (Å²) in [5, 5.41) is 3.70. The molecule has 1 aliphatic rings. The summed E-state index contributed by atoms with van der Waals surface area (Å²) in [5.41, 5.74) is 1.43. The minimum atomic E-state index is 0.538. The molecule has 0 heterocycles. The number of rotatable bonds is 7. The maximum atomic E-state index is 5.18. The molecule has 0 saturated heterocycles. The Labute approximate surface area is 104 Å². The highest BCUT2D eigenvalue weighted by atomic mass is 16.5. The normalized spacial score (nSPS) is 18.9. The lowest BCUT2D eigenvalue weighted by Gasteiger charge is -2.21. The van der Waals surface area contributed by atoms with Gasteiger partial charge in [0.2, 0.25) is 0 Å². The van der Waals surface area contributed by atoms with E-state index in [2.05, 4.69) is 42.6 Å². The summed E-state index contributed by atoms with van der Waals surface area (Å²) in [4.78, 5) is 0. The fraction of sp³-hybridized carbons (Fsp3) is 0.600. The van der Waals surface area contributed by atoms with Gasteiger partial charge in [-0.25, -0.2) is 0 Å². The van der Waals surface area contributed by atoms with Crippen molar-refractivity contribution in [1.82, 2.24) is 5.32 Å². The van der Waals surface area contributed by atoms with E-state index in [-0.39, 0.29) is 0 Å². The van der Waals surface area contributed by atoms with Crippen molar-refractivity contribution >= 4 is 0 Å². The predicted molar refractivity (Wildman–Crippen MR) is 70.9 cm³/mol. The molecular formula is C15H23NO. The van der Waals surface area contributed by atoms with Crippen LogP contribution >= 0.6 is 0 Å². The van der Waals surface area contributed by atoms with E-state index in [0.717, 1.165) is 19.1 Å². The zero-order valence-corrected chi connectivity index (χ0v) is 10.9. The fourth-order valence-electron chi connectivity index (χ4n) is 2.32. The third kappa shape index (κ3) is 3.83. The van der Waals surface area contributed by atoms with Crippen LogP contribution in [0.25, 0.3) is 0 Å². The summed E-state index contributed by atoms with van der Waals surface area (Å²) in [7, 11) is 1.77. The highest BCUT2D eigenvalue weighted by molar-refractivity contribution is 5.21. The number of methoxy groups -OCH3 is 1. The molecule has 2 nitrogen and oxygen atoms in total. The summed E-state index contributed by atoms with van der Waals surface area (Å²) >= 11 is 0. The van der Waals surface area contributed by atoms with Gasteiger partial charge in [0.15, 0.2) is 0 Å². The first-order chi connectivity index (χ1) is 8.31. The van der Waals surface area contributed by atoms with Crippen LogP contribution in [0.2, 0.25) is 0 Å². The van der Waals surface area contributed by atoms with Crippen LogP contribution in [0.1, 0.15) is 31.4 Å². The van der Waals surface area contributed by atoms with E-state index in [4.69, 9.17) is 4.74 Å². The molecule has 1 saturated carbocycles. The van der Waals surface area contributed by atoms with Crippen molar-refractivity contribution in [3.05, 3.63) is 35.9 Å². The lowest BCUT2D eigenvalue weighted by Crippen LogP contribution is -2.29. The molecule has 2 rings (SSSR count). The van der Waals surface area contributed by atoms with Crippen molar-refractivity contribution in [1.29, 1.82) is 0 Å². The van der Waals surface area contributed by atoms with Crippen molar-refractivity contribution < 1.29 is 4.74 Å². The Morgan fingerprint density at radius 3 is 2.59 bits per heavy atom. The molecule has 1 N–H and O–H groups in total. The average Bonchev–Trinajstić information content (AvgIpc) is 3.16. The number of hydrogen-bond acceptors (Lipinski definition) is 2. The van der Waals surface area contributed by atoms with E-state index in [1.54, 1.807) is 7.11 Å². The van der Waals surface area contributed by atoms with Crippen LogP contribution in [0.4, 0.5) is 0 Å². The zero-order chi connectivity index (χ0) is 12.1. The second-order valence-electron chi connectivity index (χ2n) is 5.19. The van der Waals surface area contributed by atoms with Crippen molar-refractivity contribution in [2.75, 3.05) is 20.3 Å². The van der Waals surface area contributed by atoms with Gasteiger partial charge in [0.25, 0.3) is 0 Å². The van der Waals surface area contributed by atoms with Crippen molar-refractivity contribution in [2.24, 2.45) is 11.8 Å². The topological polar surface area (TPSA) is 21.3 Å². The highest BCUT2D eigenvalue weighted by Gasteiger charge is 2.31. The van der Waals surface area contributed by atoms with Crippen LogP contribution in [0.15, 0.2) is 30.3 Å². The molecule has 2 heteroatoms. The van der Waals surface area contributed by atoms with Gasteiger partial charge in [0.1, 0.15) is 0 Å². The summed E-state index contributed by atoms with van der Waals surface area (Å²) in [5.74, 6) is 1.41. The molecule has 1 fully saturated rings. The van der Waals surface area contributed by atoms with Crippen molar-refractivity contribution in [2.45, 2.75) is 25.8 Å². The van der Waals surface area contributed by atoms with Crippen LogP contribution < -0.4 is 5.32 Å². The molecule has 2 atom stereocenters. The van der Waals surface area contributed by atoms with Crippen LogP contribution in [0.5, 0.6) is 0 Å². The minimum Gasteiger partial charge on any atom is -0.384 e. The lowest BCUT2D eigenvalue weighted by atomic mass is 10.0. The van der Waals surface area contributed by atoms with Crippen molar-refractivity contribution in [3.63, 3.8) is 0 Å². The summed E-state index contributed by atoms with van der Waals surface area (Å²) < 4.78 is 5.18. The molecule has 1 aromatic rings. The van der Waals surface area contributed by atoms with Gasteiger partial charge >= 0.3 is 0 Å². The molecule has 0 aliphatic heterocycles. The molecule has 0 bridgehead atoms. The maximum absolute atomic E-state index is 5.18. The molecule has 1 aromatic carbocycles. The molecule has 0 spiro atoms. The van der Waals surface area contributed by atoms with Crippen LogP contribution in [-0.4, -0.2) is 20.3 Å². The van der Waals surface area contributed by atoms with E-state index in [9.17, 15) is 0 Å². The van der Waals surface area contributed by atoms with Crippen LogP contribution in [-0.2, 0) is 4.74 Å². The third-order valence-corrected chi connectivity index (χ3v) is 3.39. The SMILES string of the molecule is COCC(C)CNC(c1ccccc1)C1CC1. The maximum Gasteiger partial charge on any atom is 0.0499 e. The van der Waals surface area contributed by atoms with E-state index in [0.29, 0.717) is 12.0 Å². The predicted octanol–water partition coefficient (Wildman–Crippen LogP) is 3.01. The first-order valence-corrected chi connectivity index (χ1v) is 6.58. The number of benzene rings is 1. The molecule has 2 unspecified atom stereocenters. The minimum absolute atomic E-state index is 0.538. The summed E-state index contributed by atoms with van der Waals surface area (Å²) in [6, 6.07) is 11.3.